The SMILES string of the molecule is Cc1cccc(NC(=O)CCN2C(=O)/C(=C3\SC(=S)N(CCC(=O)Nc4cccc(C)c4C)C3=O)SC2=S)c1C. The van der Waals surface area contributed by atoms with Crippen LogP contribution < -0.4 is 10.6 Å². The first-order chi connectivity index (χ1) is 19.0. The normalized spacial score (nSPS) is 17.2. The van der Waals surface area contributed by atoms with E-state index in [1.54, 1.807) is 0 Å². The standard InChI is InChI=1S/C28H28N4O4S4/c1-15-7-5-9-19(17(15)3)29-21(33)11-13-31-25(35)23(39-27(31)37)24-26(36)32(28(38)40-24)14-12-22(34)30-20-10-6-8-16(2)18(20)4/h5-10H,11-14H2,1-4H3,(H,29,33)(H,30,34)/b24-23+. The molecule has 0 unspecified atom stereocenters. The summed E-state index contributed by atoms with van der Waals surface area (Å²) in [5.74, 6) is -1.34. The average Bonchev–Trinajstić information content (AvgIpc) is 3.35. The highest BCUT2D eigenvalue weighted by Crippen LogP contribution is 2.42. The molecule has 2 heterocycles. The van der Waals surface area contributed by atoms with Crippen LogP contribution in [0.15, 0.2) is 46.2 Å². The van der Waals surface area contributed by atoms with Crippen LogP contribution in [0, 0.1) is 27.7 Å². The maximum Gasteiger partial charge on any atom is 0.267 e. The number of nitrogens with one attached hydrogen (secondary N) is 2. The zero-order valence-corrected chi connectivity index (χ0v) is 25.7. The third-order valence-electron chi connectivity index (χ3n) is 6.79. The van der Waals surface area contributed by atoms with Crippen LogP contribution in [-0.2, 0) is 19.2 Å². The molecule has 2 aromatic carbocycles. The minimum Gasteiger partial charge on any atom is -0.326 e. The van der Waals surface area contributed by atoms with Crippen LogP contribution in [0.1, 0.15) is 35.1 Å². The Labute approximate surface area is 252 Å². The van der Waals surface area contributed by atoms with Gasteiger partial charge in [-0.3, -0.25) is 29.0 Å². The van der Waals surface area contributed by atoms with Gasteiger partial charge in [0, 0.05) is 37.3 Å². The molecule has 2 fully saturated rings. The molecule has 2 saturated heterocycles. The smallest absolute Gasteiger partial charge is 0.267 e. The monoisotopic (exact) mass is 612 g/mol. The van der Waals surface area contributed by atoms with E-state index in [4.69, 9.17) is 24.4 Å². The number of aryl methyl sites for hydroxylation is 2. The van der Waals surface area contributed by atoms with Crippen molar-refractivity contribution in [2.75, 3.05) is 23.7 Å². The lowest BCUT2D eigenvalue weighted by Crippen LogP contribution is -2.33. The molecule has 4 rings (SSSR count). The predicted molar refractivity (Wildman–Crippen MR) is 169 cm³/mol. The van der Waals surface area contributed by atoms with Crippen molar-refractivity contribution in [3.63, 3.8) is 0 Å². The molecule has 0 bridgehead atoms. The molecule has 0 aliphatic carbocycles. The molecule has 0 aromatic heterocycles. The first-order valence-corrected chi connectivity index (χ1v) is 15.0. The first kappa shape index (κ1) is 29.9. The number of benzene rings is 2. The second-order valence-corrected chi connectivity index (χ2v) is 12.7. The van der Waals surface area contributed by atoms with E-state index in [-0.39, 0.29) is 56.2 Å². The number of thiocarbonyl (C=S) groups is 2. The van der Waals surface area contributed by atoms with Crippen LogP contribution in [0.4, 0.5) is 11.4 Å². The van der Waals surface area contributed by atoms with Crippen LogP contribution in [0.3, 0.4) is 0 Å². The van der Waals surface area contributed by atoms with Gasteiger partial charge in [0.25, 0.3) is 11.8 Å². The van der Waals surface area contributed by atoms with Crippen molar-refractivity contribution in [3.05, 3.63) is 68.5 Å². The number of hydrogen-bond acceptors (Lipinski definition) is 8. The molecule has 208 valence electrons. The lowest BCUT2D eigenvalue weighted by Gasteiger charge is -2.15. The number of hydrogen-bond donors (Lipinski definition) is 2. The second-order valence-electron chi connectivity index (χ2n) is 9.40. The summed E-state index contributed by atoms with van der Waals surface area (Å²) >= 11 is 12.8. The zero-order valence-electron chi connectivity index (χ0n) is 22.5. The van der Waals surface area contributed by atoms with Crippen molar-refractivity contribution < 1.29 is 19.2 Å². The van der Waals surface area contributed by atoms with Crippen LogP contribution in [0.2, 0.25) is 0 Å². The zero-order chi connectivity index (χ0) is 29.1. The maximum atomic E-state index is 13.2. The van der Waals surface area contributed by atoms with Crippen molar-refractivity contribution in [1.29, 1.82) is 0 Å². The Morgan fingerprint density at radius 1 is 0.700 bits per heavy atom. The fraction of sp³-hybridized carbons (Fsp3) is 0.286. The molecule has 4 amide bonds. The summed E-state index contributed by atoms with van der Waals surface area (Å²) in [6.45, 7) is 7.97. The highest BCUT2D eigenvalue weighted by molar-refractivity contribution is 8.29. The molecule has 8 nitrogen and oxygen atoms in total. The van der Waals surface area contributed by atoms with E-state index in [2.05, 4.69) is 10.6 Å². The van der Waals surface area contributed by atoms with E-state index in [9.17, 15) is 19.2 Å². The molecule has 40 heavy (non-hydrogen) atoms. The molecule has 2 aliphatic rings. The summed E-state index contributed by atoms with van der Waals surface area (Å²) in [5.41, 5.74) is 5.53. The second kappa shape index (κ2) is 12.6. The fourth-order valence-corrected chi connectivity index (χ4v) is 6.85. The molecule has 0 radical (unpaired) electrons. The van der Waals surface area contributed by atoms with Gasteiger partial charge < -0.3 is 10.6 Å². The first-order valence-electron chi connectivity index (χ1n) is 12.5. The Kier molecular flexibility index (Phi) is 9.44. The third-order valence-corrected chi connectivity index (χ3v) is 9.81. The lowest BCUT2D eigenvalue weighted by atomic mass is 10.1. The minimum absolute atomic E-state index is 0.0452. The molecule has 12 heteroatoms. The molecule has 2 N–H and O–H groups in total. The van der Waals surface area contributed by atoms with Crippen molar-refractivity contribution >= 4 is 91.6 Å². The molecular weight excluding hydrogens is 585 g/mol. The van der Waals surface area contributed by atoms with E-state index in [1.165, 1.54) is 9.80 Å². The maximum absolute atomic E-state index is 13.2. The van der Waals surface area contributed by atoms with Crippen LogP contribution in [-0.4, -0.2) is 55.2 Å². The van der Waals surface area contributed by atoms with E-state index in [1.807, 2.05) is 64.1 Å². The number of nitrogens with zero attached hydrogens (tertiary/aromatic N) is 2. The van der Waals surface area contributed by atoms with Gasteiger partial charge in [0.1, 0.15) is 8.64 Å². The van der Waals surface area contributed by atoms with Gasteiger partial charge >= 0.3 is 0 Å². The van der Waals surface area contributed by atoms with Gasteiger partial charge in [-0.1, -0.05) is 72.2 Å². The number of rotatable bonds is 8. The van der Waals surface area contributed by atoms with E-state index >= 15 is 0 Å². The number of carbonyl (C=O) groups is 4. The Bertz CT molecular complexity index is 1380. The number of thioether (sulfide) groups is 2. The number of anilines is 2. The van der Waals surface area contributed by atoms with Gasteiger partial charge in [-0.2, -0.15) is 0 Å². The van der Waals surface area contributed by atoms with Gasteiger partial charge in [0.05, 0.1) is 9.81 Å². The Morgan fingerprint density at radius 2 is 1.07 bits per heavy atom. The van der Waals surface area contributed by atoms with Crippen molar-refractivity contribution in [3.8, 4) is 0 Å². The third kappa shape index (κ3) is 6.46. The van der Waals surface area contributed by atoms with Crippen LogP contribution in [0.5, 0.6) is 0 Å². The van der Waals surface area contributed by atoms with E-state index in [0.29, 0.717) is 0 Å². The molecule has 2 aliphatic heterocycles. The summed E-state index contributed by atoms with van der Waals surface area (Å²) < 4.78 is 0.551. The molecule has 0 saturated carbocycles. The molecule has 0 spiro atoms. The number of carbonyl (C=O) groups excluding carboxylic acids is 4. The highest BCUT2D eigenvalue weighted by Gasteiger charge is 2.42. The van der Waals surface area contributed by atoms with Gasteiger partial charge in [-0.25, -0.2) is 0 Å². The number of amides is 4. The van der Waals surface area contributed by atoms with Crippen LogP contribution in [0.25, 0.3) is 0 Å². The molecule has 0 atom stereocenters. The summed E-state index contributed by atoms with van der Waals surface area (Å²) in [6.07, 6.45) is 0.0904. The highest BCUT2D eigenvalue weighted by atomic mass is 32.2. The topological polar surface area (TPSA) is 98.8 Å². The van der Waals surface area contributed by atoms with Crippen molar-refractivity contribution in [2.45, 2.75) is 40.5 Å². The van der Waals surface area contributed by atoms with Crippen molar-refractivity contribution in [2.24, 2.45) is 0 Å². The minimum atomic E-state index is -0.428. The van der Waals surface area contributed by atoms with E-state index < -0.39 is 11.8 Å². The van der Waals surface area contributed by atoms with Gasteiger partial charge in [0.2, 0.25) is 11.8 Å². The Hall–Kier alpha value is -3.06. The van der Waals surface area contributed by atoms with Crippen LogP contribution >= 0.6 is 48.0 Å². The van der Waals surface area contributed by atoms with Gasteiger partial charge in [-0.05, 0) is 62.1 Å². The molecular formula is C28H28N4O4S4. The summed E-state index contributed by atoms with van der Waals surface area (Å²) in [6, 6.07) is 11.3. The lowest BCUT2D eigenvalue weighted by molar-refractivity contribution is -0.125. The summed E-state index contributed by atoms with van der Waals surface area (Å²) in [7, 11) is 0. The Balaban J connectivity index is 1.36. The Morgan fingerprint density at radius 3 is 1.45 bits per heavy atom. The largest absolute Gasteiger partial charge is 0.326 e. The van der Waals surface area contributed by atoms with Gasteiger partial charge in [0.15, 0.2) is 0 Å². The summed E-state index contributed by atoms with van der Waals surface area (Å²) in [5, 5.41) is 5.76. The predicted octanol–water partition coefficient (Wildman–Crippen LogP) is 5.21. The fourth-order valence-electron chi connectivity index (χ4n) is 4.08. The summed E-state index contributed by atoms with van der Waals surface area (Å²) in [4.78, 5) is 54.6. The average molecular weight is 613 g/mol. The quantitative estimate of drug-likeness (QED) is 0.310. The van der Waals surface area contributed by atoms with Crippen molar-refractivity contribution in [1.82, 2.24) is 9.80 Å². The molecule has 2 aromatic rings. The van der Waals surface area contributed by atoms with E-state index in [0.717, 1.165) is 57.2 Å². The van der Waals surface area contributed by atoms with Gasteiger partial charge in [-0.15, -0.1) is 0 Å².